The minimum Gasteiger partial charge on any atom is -0.396 e. The summed E-state index contributed by atoms with van der Waals surface area (Å²) in [5.41, 5.74) is 17.6. The lowest BCUT2D eigenvalue weighted by Crippen LogP contribution is -2.00. The van der Waals surface area contributed by atoms with Crippen molar-refractivity contribution in [1.82, 2.24) is 39.5 Å². The van der Waals surface area contributed by atoms with Crippen LogP contribution in [-0.4, -0.2) is 39.5 Å². The molecule has 8 rings (SSSR count). The summed E-state index contributed by atoms with van der Waals surface area (Å²) in [5.74, 6) is 0.163. The van der Waals surface area contributed by atoms with Crippen LogP contribution in [0.25, 0.3) is 53.5 Å². The van der Waals surface area contributed by atoms with E-state index in [4.69, 9.17) is 24.6 Å². The van der Waals surface area contributed by atoms with Gasteiger partial charge in [0, 0.05) is 84.1 Å². The normalized spacial score (nSPS) is 11.9. The topological polar surface area (TPSA) is 172 Å². The van der Waals surface area contributed by atoms with Gasteiger partial charge in [-0.3, -0.25) is 19.7 Å². The van der Waals surface area contributed by atoms with Crippen LogP contribution >= 0.6 is 0 Å². The summed E-state index contributed by atoms with van der Waals surface area (Å²) < 4.78 is 33.0. The third-order valence-electron chi connectivity index (χ3n) is 9.54. The van der Waals surface area contributed by atoms with Gasteiger partial charge in [-0.2, -0.15) is 19.6 Å². The number of nitrogens with two attached hydrogens (primary N) is 2. The van der Waals surface area contributed by atoms with Gasteiger partial charge in [-0.05, 0) is 72.1 Å². The molecule has 0 saturated heterocycles. The van der Waals surface area contributed by atoms with Crippen molar-refractivity contribution in [2.24, 2.45) is 0 Å². The summed E-state index contributed by atoms with van der Waals surface area (Å²) >= 11 is 0. The maximum atomic E-state index is 14.9. The molecule has 6 heterocycles. The van der Waals surface area contributed by atoms with Crippen molar-refractivity contribution in [2.75, 3.05) is 22.1 Å². The molecule has 2 atom stereocenters. The number of fused-ring (bicyclic) bond motifs is 2. The fourth-order valence-electron chi connectivity index (χ4n) is 6.24. The highest BCUT2D eigenvalue weighted by atomic mass is 19.1. The predicted molar refractivity (Wildman–Crippen MR) is 222 cm³/mol. The number of pyridine rings is 4. The van der Waals surface area contributed by atoms with Crippen LogP contribution in [0, 0.1) is 38.6 Å². The Morgan fingerprint density at radius 3 is 1.41 bits per heavy atom. The van der Waals surface area contributed by atoms with Gasteiger partial charge in [-0.1, -0.05) is 0 Å². The molecule has 0 radical (unpaired) electrons. The van der Waals surface area contributed by atoms with Crippen molar-refractivity contribution < 1.29 is 8.78 Å². The highest BCUT2D eigenvalue weighted by Crippen LogP contribution is 2.37. The Morgan fingerprint density at radius 2 is 1.03 bits per heavy atom. The highest BCUT2D eigenvalue weighted by Gasteiger charge is 2.18. The molecule has 0 aliphatic carbocycles. The molecule has 0 bridgehead atoms. The second kappa shape index (κ2) is 16.0. The van der Waals surface area contributed by atoms with Gasteiger partial charge in [0.1, 0.15) is 11.6 Å². The van der Waals surface area contributed by atoms with Gasteiger partial charge in [-0.25, -0.2) is 31.9 Å². The highest BCUT2D eigenvalue weighted by molar-refractivity contribution is 5.99. The molecule has 0 aliphatic rings. The minimum atomic E-state index is -0.481. The van der Waals surface area contributed by atoms with Crippen LogP contribution in [0.3, 0.4) is 0 Å². The van der Waals surface area contributed by atoms with E-state index < -0.39 is 11.6 Å². The zero-order valence-corrected chi connectivity index (χ0v) is 31.8. The van der Waals surface area contributed by atoms with Crippen molar-refractivity contribution in [3.8, 4) is 22.3 Å². The molecule has 0 fully saturated rings. The summed E-state index contributed by atoms with van der Waals surface area (Å²) in [7, 11) is 0. The molecule has 0 amide bonds. The molecule has 16 heteroatoms. The quantitative estimate of drug-likeness (QED) is 0.0861. The lowest BCUT2D eigenvalue weighted by molar-refractivity contribution is 0.577. The van der Waals surface area contributed by atoms with E-state index in [1.165, 1.54) is 0 Å². The number of hydrogen-bond donors (Lipinski definition) is 4. The molecular weight excluding hydrogens is 739 g/mol. The maximum absolute atomic E-state index is 14.9. The summed E-state index contributed by atoms with van der Waals surface area (Å²) in [4.78, 5) is 23.7. The van der Waals surface area contributed by atoms with E-state index >= 15 is 0 Å². The monoisotopic (exact) mass is 774 g/mol. The van der Waals surface area contributed by atoms with Crippen molar-refractivity contribution in [3.63, 3.8) is 0 Å². The zero-order valence-electron chi connectivity index (χ0n) is 31.8. The molecule has 14 nitrogen and oxygen atoms in total. The number of halogens is 2. The fourth-order valence-corrected chi connectivity index (χ4v) is 6.24. The Hall–Kier alpha value is -7.98. The van der Waals surface area contributed by atoms with Crippen LogP contribution in [0.1, 0.15) is 37.3 Å². The predicted octanol–water partition coefficient (Wildman–Crippen LogP) is 9.41. The van der Waals surface area contributed by atoms with Gasteiger partial charge in [0.2, 0.25) is 0 Å². The molecule has 58 heavy (non-hydrogen) atoms. The average Bonchev–Trinajstić information content (AvgIpc) is 3.91. The molecule has 0 aliphatic heterocycles. The molecular formula is C42H36F2N14. The van der Waals surface area contributed by atoms with Gasteiger partial charge >= 0.3 is 12.3 Å². The van der Waals surface area contributed by atoms with Crippen LogP contribution in [-0.2, 0) is 0 Å². The zero-order chi connectivity index (χ0) is 41.1. The third kappa shape index (κ3) is 7.62. The van der Waals surface area contributed by atoms with Gasteiger partial charge in [-0.15, -0.1) is 0 Å². The Kier molecular flexibility index (Phi) is 10.6. The van der Waals surface area contributed by atoms with E-state index in [0.29, 0.717) is 56.0 Å². The first kappa shape index (κ1) is 38.3. The summed E-state index contributed by atoms with van der Waals surface area (Å²) in [5, 5.41) is 17.2. The Bertz CT molecular complexity index is 2710. The summed E-state index contributed by atoms with van der Waals surface area (Å²) in [6, 6.07) is 10.8. The molecule has 6 N–H and O–H groups in total. The second-order valence-corrected chi connectivity index (χ2v) is 13.5. The molecule has 0 spiro atoms. The first-order chi connectivity index (χ1) is 27.9. The first-order valence-electron chi connectivity index (χ1n) is 17.9. The summed E-state index contributed by atoms with van der Waals surface area (Å²) in [6.45, 7) is 21.5. The number of nitrogens with one attached hydrogen (secondary N) is 2. The van der Waals surface area contributed by atoms with Crippen molar-refractivity contribution >= 4 is 55.9 Å². The molecule has 2 aromatic carbocycles. The third-order valence-corrected chi connectivity index (χ3v) is 9.54. The van der Waals surface area contributed by atoms with Crippen LogP contribution < -0.4 is 22.1 Å². The van der Waals surface area contributed by atoms with E-state index in [-0.39, 0.29) is 23.7 Å². The average molecular weight is 775 g/mol. The van der Waals surface area contributed by atoms with Crippen molar-refractivity contribution in [1.29, 1.82) is 0 Å². The SMILES string of the molecule is [C-]#[N+][C@@H](C)n1cc(Nc2cc3cc(-c4cnccc4C)c(F)c(N)c3cn2)cn1.[C-]#[N+][C@H](C)n1cc(Nc2cc3cc(-c4cnccc4C)c(F)c(N)c3cn2)cn1. The molecule has 8 aromatic rings. The number of nitrogen functional groups attached to an aromatic ring is 2. The van der Waals surface area contributed by atoms with Gasteiger partial charge < -0.3 is 22.1 Å². The number of anilines is 6. The lowest BCUT2D eigenvalue weighted by atomic mass is 9.98. The Balaban J connectivity index is 0.000000177. The van der Waals surface area contributed by atoms with E-state index in [2.05, 4.69) is 50.5 Å². The molecule has 288 valence electrons. The number of rotatable bonds is 8. The van der Waals surface area contributed by atoms with Crippen LogP contribution in [0.2, 0.25) is 0 Å². The van der Waals surface area contributed by atoms with Crippen molar-refractivity contribution in [2.45, 2.75) is 40.0 Å². The largest absolute Gasteiger partial charge is 0.396 e. The van der Waals surface area contributed by atoms with Gasteiger partial charge in [0.15, 0.2) is 11.6 Å². The van der Waals surface area contributed by atoms with E-state index in [9.17, 15) is 8.78 Å². The molecule has 0 unspecified atom stereocenters. The van der Waals surface area contributed by atoms with Crippen LogP contribution in [0.4, 0.5) is 43.2 Å². The summed E-state index contributed by atoms with van der Waals surface area (Å²) in [6.07, 6.45) is 15.6. The van der Waals surface area contributed by atoms with Crippen molar-refractivity contribution in [3.05, 3.63) is 144 Å². The van der Waals surface area contributed by atoms with Gasteiger partial charge in [0.05, 0.1) is 47.5 Å². The number of aromatic nitrogens is 8. The maximum Gasteiger partial charge on any atom is 0.313 e. The van der Waals surface area contributed by atoms with E-state index in [0.717, 1.165) is 21.9 Å². The number of benzene rings is 2. The Morgan fingerprint density at radius 1 is 0.621 bits per heavy atom. The second-order valence-electron chi connectivity index (χ2n) is 13.5. The standard InChI is InChI=1S/2C21H18FN7/c2*1-12-4-5-25-9-17(12)16-6-14-7-19(26-10-18(14)21(23)20(16)22)28-15-8-27-29(11-15)13(2)24-3/h2*4-11,13H,23H2,1-2H3,(H,26,28)/t2*13-/m10/s1. The van der Waals surface area contributed by atoms with Crippen LogP contribution in [0.15, 0.2) is 98.4 Å². The number of aryl methyl sites for hydroxylation is 2. The fraction of sp³-hybridized carbons (Fsp3) is 0.143. The smallest absolute Gasteiger partial charge is 0.313 e. The number of nitrogens with zero attached hydrogens (tertiary/aromatic N) is 10. The molecule has 0 saturated carbocycles. The minimum absolute atomic E-state index is 0.0542. The number of hydrogen-bond acceptors (Lipinski definition) is 10. The van der Waals surface area contributed by atoms with E-state index in [1.807, 2.05) is 26.0 Å². The van der Waals surface area contributed by atoms with Gasteiger partial charge in [0.25, 0.3) is 0 Å². The lowest BCUT2D eigenvalue weighted by Gasteiger charge is -2.12. The first-order valence-corrected chi connectivity index (χ1v) is 17.9. The van der Waals surface area contributed by atoms with E-state index in [1.54, 1.807) is 109 Å². The van der Waals surface area contributed by atoms with Crippen LogP contribution in [0.5, 0.6) is 0 Å². The Labute approximate surface area is 331 Å². The molecule has 6 aromatic heterocycles.